The molecule has 1 aromatic heterocycles. The second-order valence-electron chi connectivity index (χ2n) is 8.77. The van der Waals surface area contributed by atoms with Crippen LogP contribution in [0.3, 0.4) is 0 Å². The van der Waals surface area contributed by atoms with E-state index >= 15 is 0 Å². The highest BCUT2D eigenvalue weighted by Gasteiger charge is 2.23. The number of carbonyl (C=O) groups excluding carboxylic acids is 3. The van der Waals surface area contributed by atoms with Crippen LogP contribution in [0.5, 0.6) is 0 Å². The molecule has 0 saturated carbocycles. The van der Waals surface area contributed by atoms with Gasteiger partial charge < -0.3 is 14.6 Å². The number of esters is 1. The van der Waals surface area contributed by atoms with Gasteiger partial charge in [0.1, 0.15) is 6.54 Å². The Morgan fingerprint density at radius 2 is 1.73 bits per heavy atom. The Bertz CT molecular complexity index is 1730. The van der Waals surface area contributed by atoms with Crippen molar-refractivity contribution >= 4 is 55.0 Å². The van der Waals surface area contributed by atoms with Gasteiger partial charge in [0.2, 0.25) is 15.9 Å². The summed E-state index contributed by atoms with van der Waals surface area (Å²) in [4.78, 5) is 41.2. The molecule has 4 rings (SSSR count). The fraction of sp³-hybridized carbons (Fsp3) is 0.214. The van der Waals surface area contributed by atoms with Crippen molar-refractivity contribution in [1.82, 2.24) is 8.87 Å². The molecule has 2 amide bonds. The number of thiazole rings is 1. The molecule has 0 aliphatic rings. The van der Waals surface area contributed by atoms with Crippen molar-refractivity contribution < 1.29 is 27.5 Å². The molecule has 0 saturated heterocycles. The normalized spacial score (nSPS) is 12.1. The number of rotatable bonds is 9. The van der Waals surface area contributed by atoms with Crippen molar-refractivity contribution in [2.75, 3.05) is 19.0 Å². The van der Waals surface area contributed by atoms with Gasteiger partial charge in [-0.2, -0.15) is 9.30 Å². The van der Waals surface area contributed by atoms with Crippen LogP contribution in [0.15, 0.2) is 82.7 Å². The third kappa shape index (κ3) is 6.53. The monoisotopic (exact) mass is 580 g/mol. The Morgan fingerprint density at radius 3 is 2.35 bits per heavy atom. The van der Waals surface area contributed by atoms with Gasteiger partial charge in [-0.15, -0.1) is 0 Å². The van der Waals surface area contributed by atoms with Gasteiger partial charge in [-0.05, 0) is 48.0 Å². The van der Waals surface area contributed by atoms with Crippen LogP contribution in [0.1, 0.15) is 29.8 Å². The van der Waals surface area contributed by atoms with Gasteiger partial charge in [-0.3, -0.25) is 14.4 Å². The smallest absolute Gasteiger partial charge is 0.325 e. The third-order valence-electron chi connectivity index (χ3n) is 6.01. The van der Waals surface area contributed by atoms with Crippen LogP contribution in [-0.2, 0) is 37.4 Å². The number of ether oxygens (including phenoxy) is 1. The molecule has 10 nitrogen and oxygen atoms in total. The quantitative estimate of drug-likeness (QED) is 0.300. The summed E-state index contributed by atoms with van der Waals surface area (Å²) < 4.78 is 34.9. The van der Waals surface area contributed by atoms with Crippen LogP contribution in [0, 0.1) is 0 Å². The number of carbonyl (C=O) groups is 3. The molecule has 0 bridgehead atoms. The highest BCUT2D eigenvalue weighted by molar-refractivity contribution is 7.89. The molecular weight excluding hydrogens is 552 g/mol. The molecule has 4 aromatic rings. The Hall–Kier alpha value is -4.13. The molecule has 0 aliphatic carbocycles. The average Bonchev–Trinajstić information content (AvgIpc) is 3.27. The summed E-state index contributed by atoms with van der Waals surface area (Å²) in [5.41, 5.74) is 2.25. The maximum Gasteiger partial charge on any atom is 0.325 e. The van der Waals surface area contributed by atoms with Crippen molar-refractivity contribution in [2.45, 2.75) is 31.8 Å². The number of sulfonamides is 1. The van der Waals surface area contributed by atoms with E-state index in [0.29, 0.717) is 15.9 Å². The predicted octanol–water partition coefficient (Wildman–Crippen LogP) is 3.79. The standard InChI is InChI=1S/C28H28N4O6S2/c1-4-31(17-20-8-6-5-7-9-20)40(36,37)23-13-10-21(11-14-23)27(35)30-28-32(18-26(34)38-3)24-15-12-22(29-19(2)33)16-25(24)39-28/h5-16H,4,17-18H2,1-3H3,(H,29,33). The molecule has 1 N–H and O–H groups in total. The Morgan fingerprint density at radius 1 is 1.02 bits per heavy atom. The van der Waals surface area contributed by atoms with Crippen LogP contribution in [0.2, 0.25) is 0 Å². The topological polar surface area (TPSA) is 127 Å². The molecule has 0 spiro atoms. The number of hydrogen-bond donors (Lipinski definition) is 1. The van der Waals surface area contributed by atoms with E-state index in [9.17, 15) is 22.8 Å². The molecule has 0 unspecified atom stereocenters. The van der Waals surface area contributed by atoms with E-state index in [-0.39, 0.29) is 40.8 Å². The molecule has 0 atom stereocenters. The molecule has 0 aliphatic heterocycles. The van der Waals surface area contributed by atoms with E-state index in [4.69, 9.17) is 4.74 Å². The largest absolute Gasteiger partial charge is 0.468 e. The predicted molar refractivity (Wildman–Crippen MR) is 152 cm³/mol. The number of amides is 2. The maximum atomic E-state index is 13.3. The minimum atomic E-state index is -3.80. The van der Waals surface area contributed by atoms with Crippen LogP contribution in [-0.4, -0.2) is 48.7 Å². The summed E-state index contributed by atoms with van der Waals surface area (Å²) in [6.45, 7) is 3.50. The van der Waals surface area contributed by atoms with E-state index in [1.54, 1.807) is 29.7 Å². The molecule has 208 valence electrons. The van der Waals surface area contributed by atoms with Gasteiger partial charge in [0.05, 0.1) is 22.2 Å². The average molecular weight is 581 g/mol. The lowest BCUT2D eigenvalue weighted by Crippen LogP contribution is -2.30. The number of nitrogens with zero attached hydrogens (tertiary/aromatic N) is 3. The van der Waals surface area contributed by atoms with Crippen molar-refractivity contribution in [3.8, 4) is 0 Å². The number of benzene rings is 3. The fourth-order valence-electron chi connectivity index (χ4n) is 4.01. The first-order valence-corrected chi connectivity index (χ1v) is 14.6. The van der Waals surface area contributed by atoms with E-state index in [1.165, 1.54) is 53.9 Å². The number of fused-ring (bicyclic) bond motifs is 1. The summed E-state index contributed by atoms with van der Waals surface area (Å²) in [5, 5.41) is 2.70. The van der Waals surface area contributed by atoms with Crippen molar-refractivity contribution in [2.24, 2.45) is 4.99 Å². The Balaban J connectivity index is 1.65. The van der Waals surface area contributed by atoms with Crippen molar-refractivity contribution in [3.05, 3.63) is 88.7 Å². The zero-order valence-corrected chi connectivity index (χ0v) is 23.8. The number of aromatic nitrogens is 1. The summed E-state index contributed by atoms with van der Waals surface area (Å²) in [6.07, 6.45) is 0. The summed E-state index contributed by atoms with van der Waals surface area (Å²) in [7, 11) is -2.53. The molecule has 3 aromatic carbocycles. The van der Waals surface area contributed by atoms with Crippen LogP contribution < -0.4 is 10.1 Å². The molecule has 0 fully saturated rings. The van der Waals surface area contributed by atoms with E-state index < -0.39 is 21.9 Å². The van der Waals surface area contributed by atoms with Crippen molar-refractivity contribution in [3.63, 3.8) is 0 Å². The summed E-state index contributed by atoms with van der Waals surface area (Å²) in [5.74, 6) is -1.36. The second-order valence-corrected chi connectivity index (χ2v) is 11.7. The summed E-state index contributed by atoms with van der Waals surface area (Å²) in [6, 6.07) is 20.1. The third-order valence-corrected chi connectivity index (χ3v) is 8.98. The minimum absolute atomic E-state index is 0.0648. The molecule has 40 heavy (non-hydrogen) atoms. The minimum Gasteiger partial charge on any atom is -0.468 e. The Kier molecular flexibility index (Phi) is 8.93. The second kappa shape index (κ2) is 12.4. The highest BCUT2D eigenvalue weighted by Crippen LogP contribution is 2.23. The van der Waals surface area contributed by atoms with Gasteiger partial charge in [-0.1, -0.05) is 48.6 Å². The van der Waals surface area contributed by atoms with Gasteiger partial charge in [0, 0.05) is 31.3 Å². The van der Waals surface area contributed by atoms with E-state index in [2.05, 4.69) is 10.3 Å². The number of nitrogens with one attached hydrogen (secondary N) is 1. The lowest BCUT2D eigenvalue weighted by molar-refractivity contribution is -0.141. The first kappa shape index (κ1) is 28.9. The first-order valence-electron chi connectivity index (χ1n) is 12.3. The number of methoxy groups -OCH3 is 1. The van der Waals surface area contributed by atoms with Gasteiger partial charge in [-0.25, -0.2) is 8.42 Å². The van der Waals surface area contributed by atoms with Gasteiger partial charge >= 0.3 is 5.97 Å². The molecule has 0 radical (unpaired) electrons. The summed E-state index contributed by atoms with van der Waals surface area (Å²) >= 11 is 1.17. The van der Waals surface area contributed by atoms with Crippen molar-refractivity contribution in [1.29, 1.82) is 0 Å². The number of hydrogen-bond acceptors (Lipinski definition) is 7. The number of anilines is 1. The zero-order valence-electron chi connectivity index (χ0n) is 22.2. The van der Waals surface area contributed by atoms with Crippen LogP contribution >= 0.6 is 11.3 Å². The zero-order chi connectivity index (χ0) is 28.9. The lowest BCUT2D eigenvalue weighted by atomic mass is 10.2. The fourth-order valence-corrected chi connectivity index (χ4v) is 6.51. The SMILES string of the molecule is CCN(Cc1ccccc1)S(=O)(=O)c1ccc(C(=O)N=c2sc3cc(NC(C)=O)ccc3n2CC(=O)OC)cc1. The molecule has 1 heterocycles. The maximum absolute atomic E-state index is 13.3. The Labute approximate surface area is 235 Å². The molecule has 12 heteroatoms. The molecular formula is C28H28N4O6S2. The lowest BCUT2D eigenvalue weighted by Gasteiger charge is -2.20. The van der Waals surface area contributed by atoms with Crippen LogP contribution in [0.25, 0.3) is 10.2 Å². The van der Waals surface area contributed by atoms with E-state index in [1.807, 2.05) is 30.3 Å². The van der Waals surface area contributed by atoms with Crippen LogP contribution in [0.4, 0.5) is 5.69 Å². The van der Waals surface area contributed by atoms with Gasteiger partial charge in [0.25, 0.3) is 5.91 Å². The van der Waals surface area contributed by atoms with Gasteiger partial charge in [0.15, 0.2) is 4.80 Å². The highest BCUT2D eigenvalue weighted by atomic mass is 32.2. The first-order chi connectivity index (χ1) is 19.1. The van der Waals surface area contributed by atoms with E-state index in [0.717, 1.165) is 5.56 Å².